The summed E-state index contributed by atoms with van der Waals surface area (Å²) < 4.78 is 32.7. The Hall–Kier alpha value is -3.17. The summed E-state index contributed by atoms with van der Waals surface area (Å²) in [4.78, 5) is 13.0. The smallest absolute Gasteiger partial charge is 0.251 e. The first-order valence-electron chi connectivity index (χ1n) is 9.99. The number of nitrogens with zero attached hydrogens (tertiary/aromatic N) is 1. The van der Waals surface area contributed by atoms with Crippen LogP contribution in [0.15, 0.2) is 60.9 Å². The van der Waals surface area contributed by atoms with Crippen LogP contribution in [0.5, 0.6) is 5.75 Å². The average Bonchev–Trinajstić information content (AvgIpc) is 3.53. The lowest BCUT2D eigenvalue weighted by atomic mass is 10.0. The normalized spacial score (nSPS) is 14.7. The van der Waals surface area contributed by atoms with Gasteiger partial charge in [0.15, 0.2) is 0 Å². The Morgan fingerprint density at radius 1 is 1.23 bits per heavy atom. The predicted octanol–water partition coefficient (Wildman–Crippen LogP) is 2.64. The number of ether oxygens (including phenoxy) is 1. The van der Waals surface area contributed by atoms with Gasteiger partial charge in [-0.25, -0.2) is 13.1 Å². The van der Waals surface area contributed by atoms with Gasteiger partial charge in [0, 0.05) is 29.4 Å². The van der Waals surface area contributed by atoms with E-state index in [-0.39, 0.29) is 17.7 Å². The molecule has 1 aliphatic rings. The summed E-state index contributed by atoms with van der Waals surface area (Å²) in [5.41, 5.74) is 2.89. The van der Waals surface area contributed by atoms with Gasteiger partial charge in [0.25, 0.3) is 5.91 Å². The third kappa shape index (κ3) is 4.95. The van der Waals surface area contributed by atoms with Crippen molar-refractivity contribution in [2.24, 2.45) is 0 Å². The Kier molecular flexibility index (Phi) is 6.06. The fourth-order valence-corrected chi connectivity index (χ4v) is 4.74. The molecule has 1 atom stereocenters. The number of H-pyrrole nitrogens is 1. The standard InChI is InChI=1S/C22H24N4O4S/c1-30-21-11-16(7-10-19(21)17-12-23-24-13-17)22(27)26-20(15-5-3-2-4-6-15)14-25-31(28,29)18-8-9-18/h2-7,10-13,18,20,25H,8-9,14H2,1H3,(H,23,24)(H,26,27)/t20-/m1/s1. The highest BCUT2D eigenvalue weighted by Gasteiger charge is 2.36. The summed E-state index contributed by atoms with van der Waals surface area (Å²) in [6.07, 6.45) is 4.78. The number of aromatic nitrogens is 2. The minimum absolute atomic E-state index is 0.0822. The van der Waals surface area contributed by atoms with Crippen LogP contribution in [0.25, 0.3) is 11.1 Å². The molecule has 1 amide bonds. The van der Waals surface area contributed by atoms with Crippen molar-refractivity contribution in [1.82, 2.24) is 20.2 Å². The maximum Gasteiger partial charge on any atom is 0.251 e. The molecule has 0 radical (unpaired) electrons. The lowest BCUT2D eigenvalue weighted by molar-refractivity contribution is 0.0936. The Morgan fingerprint density at radius 3 is 2.65 bits per heavy atom. The molecule has 1 fully saturated rings. The third-order valence-corrected chi connectivity index (χ3v) is 7.15. The second-order valence-corrected chi connectivity index (χ2v) is 9.48. The largest absolute Gasteiger partial charge is 0.496 e. The van der Waals surface area contributed by atoms with E-state index >= 15 is 0 Å². The zero-order chi connectivity index (χ0) is 21.8. The molecule has 0 bridgehead atoms. The molecule has 9 heteroatoms. The van der Waals surface area contributed by atoms with Crippen molar-refractivity contribution in [2.75, 3.05) is 13.7 Å². The third-order valence-electron chi connectivity index (χ3n) is 5.23. The van der Waals surface area contributed by atoms with Crippen molar-refractivity contribution in [3.63, 3.8) is 0 Å². The molecular weight excluding hydrogens is 416 g/mol. The van der Waals surface area contributed by atoms with Crippen LogP contribution in [-0.2, 0) is 10.0 Å². The van der Waals surface area contributed by atoms with Gasteiger partial charge < -0.3 is 10.1 Å². The lowest BCUT2D eigenvalue weighted by Crippen LogP contribution is -2.39. The van der Waals surface area contributed by atoms with Crippen molar-refractivity contribution in [3.8, 4) is 16.9 Å². The minimum atomic E-state index is -3.36. The van der Waals surface area contributed by atoms with Crippen LogP contribution < -0.4 is 14.8 Å². The van der Waals surface area contributed by atoms with E-state index in [1.807, 2.05) is 30.3 Å². The number of aromatic amines is 1. The van der Waals surface area contributed by atoms with Crippen molar-refractivity contribution in [1.29, 1.82) is 0 Å². The summed E-state index contributed by atoms with van der Waals surface area (Å²) in [5.74, 6) is 0.219. The topological polar surface area (TPSA) is 113 Å². The van der Waals surface area contributed by atoms with E-state index in [9.17, 15) is 13.2 Å². The van der Waals surface area contributed by atoms with Gasteiger partial charge in [-0.2, -0.15) is 5.10 Å². The summed E-state index contributed by atoms with van der Waals surface area (Å²) in [5, 5.41) is 9.33. The van der Waals surface area contributed by atoms with Gasteiger partial charge >= 0.3 is 0 Å². The zero-order valence-corrected chi connectivity index (χ0v) is 17.9. The number of hydrogen-bond donors (Lipinski definition) is 3. The number of carbonyl (C=O) groups excluding carboxylic acids is 1. The second kappa shape index (κ2) is 8.91. The van der Waals surface area contributed by atoms with E-state index in [0.29, 0.717) is 24.2 Å². The van der Waals surface area contributed by atoms with Gasteiger partial charge in [0.05, 0.1) is 24.6 Å². The number of hydrogen-bond acceptors (Lipinski definition) is 5. The molecule has 162 valence electrons. The molecule has 0 aliphatic heterocycles. The molecule has 0 unspecified atom stereocenters. The van der Waals surface area contributed by atoms with Crippen LogP contribution in [-0.4, -0.2) is 43.4 Å². The number of benzene rings is 2. The molecule has 1 aromatic heterocycles. The lowest BCUT2D eigenvalue weighted by Gasteiger charge is -2.20. The van der Waals surface area contributed by atoms with E-state index < -0.39 is 16.1 Å². The van der Waals surface area contributed by atoms with Crippen LogP contribution in [0, 0.1) is 0 Å². The summed E-state index contributed by atoms with van der Waals surface area (Å²) in [6, 6.07) is 14.0. The van der Waals surface area contributed by atoms with E-state index in [4.69, 9.17) is 4.74 Å². The highest BCUT2D eigenvalue weighted by Crippen LogP contribution is 2.30. The number of rotatable bonds is 9. The highest BCUT2D eigenvalue weighted by molar-refractivity contribution is 7.90. The Bertz CT molecular complexity index is 1140. The monoisotopic (exact) mass is 440 g/mol. The van der Waals surface area contributed by atoms with Crippen molar-refractivity contribution < 1.29 is 17.9 Å². The van der Waals surface area contributed by atoms with Crippen LogP contribution in [0.1, 0.15) is 34.8 Å². The molecule has 2 aromatic carbocycles. The number of methoxy groups -OCH3 is 1. The quantitative estimate of drug-likeness (QED) is 0.473. The molecule has 1 aliphatic carbocycles. The molecule has 0 saturated heterocycles. The number of amides is 1. The van der Waals surface area contributed by atoms with E-state index in [1.165, 1.54) is 0 Å². The number of sulfonamides is 1. The molecule has 3 aromatic rings. The first kappa shape index (κ1) is 21.1. The summed E-state index contributed by atoms with van der Waals surface area (Å²) in [7, 11) is -1.82. The molecule has 1 saturated carbocycles. The van der Waals surface area contributed by atoms with E-state index in [0.717, 1.165) is 16.7 Å². The van der Waals surface area contributed by atoms with Gasteiger partial charge in [-0.3, -0.25) is 9.89 Å². The average molecular weight is 441 g/mol. The molecule has 0 spiro atoms. The number of carbonyl (C=O) groups is 1. The van der Waals surface area contributed by atoms with Crippen molar-refractivity contribution in [2.45, 2.75) is 24.1 Å². The molecule has 1 heterocycles. The first-order chi connectivity index (χ1) is 15.0. The van der Waals surface area contributed by atoms with Crippen molar-refractivity contribution in [3.05, 3.63) is 72.1 Å². The van der Waals surface area contributed by atoms with Crippen LogP contribution >= 0.6 is 0 Å². The highest BCUT2D eigenvalue weighted by atomic mass is 32.2. The van der Waals surface area contributed by atoms with Gasteiger partial charge in [0.1, 0.15) is 5.75 Å². The Morgan fingerprint density at radius 2 is 2.00 bits per heavy atom. The van der Waals surface area contributed by atoms with Gasteiger partial charge in [-0.15, -0.1) is 0 Å². The summed E-state index contributed by atoms with van der Waals surface area (Å²) >= 11 is 0. The number of nitrogens with one attached hydrogen (secondary N) is 3. The van der Waals surface area contributed by atoms with Gasteiger partial charge in [-0.05, 0) is 36.6 Å². The van der Waals surface area contributed by atoms with Gasteiger partial charge in [-0.1, -0.05) is 30.3 Å². The van der Waals surface area contributed by atoms with Crippen LogP contribution in [0.4, 0.5) is 0 Å². The molecule has 8 nitrogen and oxygen atoms in total. The van der Waals surface area contributed by atoms with E-state index in [2.05, 4.69) is 20.2 Å². The minimum Gasteiger partial charge on any atom is -0.496 e. The van der Waals surface area contributed by atoms with Crippen LogP contribution in [0.3, 0.4) is 0 Å². The Balaban J connectivity index is 1.54. The fourth-order valence-electron chi connectivity index (χ4n) is 3.34. The maximum atomic E-state index is 13.0. The fraction of sp³-hybridized carbons (Fsp3) is 0.273. The molecular formula is C22H24N4O4S. The molecule has 31 heavy (non-hydrogen) atoms. The van der Waals surface area contributed by atoms with E-state index in [1.54, 1.807) is 37.7 Å². The predicted molar refractivity (Wildman–Crippen MR) is 117 cm³/mol. The van der Waals surface area contributed by atoms with Crippen molar-refractivity contribution >= 4 is 15.9 Å². The molecule has 4 rings (SSSR count). The SMILES string of the molecule is COc1cc(C(=O)N[C@H](CNS(=O)(=O)C2CC2)c2ccccc2)ccc1-c1cn[nH]c1. The Labute approximate surface area is 181 Å². The maximum absolute atomic E-state index is 13.0. The van der Waals surface area contributed by atoms with Crippen LogP contribution in [0.2, 0.25) is 0 Å². The zero-order valence-electron chi connectivity index (χ0n) is 17.0. The first-order valence-corrected chi connectivity index (χ1v) is 11.5. The second-order valence-electron chi connectivity index (χ2n) is 7.43. The van der Waals surface area contributed by atoms with Gasteiger partial charge in [0.2, 0.25) is 10.0 Å². The summed E-state index contributed by atoms with van der Waals surface area (Å²) in [6.45, 7) is 0.0822. The molecule has 3 N–H and O–H groups in total.